The van der Waals surface area contributed by atoms with Gasteiger partial charge in [-0.2, -0.15) is 0 Å². The zero-order chi connectivity index (χ0) is 14.5. The highest BCUT2D eigenvalue weighted by atomic mass is 31.2. The van der Waals surface area contributed by atoms with Crippen LogP contribution in [0.1, 0.15) is 52.7 Å². The summed E-state index contributed by atoms with van der Waals surface area (Å²) in [6.07, 6.45) is 0. The Balaban J connectivity index is 2.51. The molecular formula is C15H23O3P. The molecule has 106 valence electrons. The van der Waals surface area contributed by atoms with E-state index in [1.165, 1.54) is 5.56 Å². The minimum Gasteiger partial charge on any atom is -0.423 e. The van der Waals surface area contributed by atoms with Crippen LogP contribution in [0.15, 0.2) is 18.2 Å². The molecule has 0 radical (unpaired) electrons. The van der Waals surface area contributed by atoms with E-state index < -0.39 is 12.8 Å². The fourth-order valence-electron chi connectivity index (χ4n) is 2.32. The number of hydrogen-bond donors (Lipinski definition) is 0. The molecule has 1 aromatic rings. The van der Waals surface area contributed by atoms with E-state index >= 15 is 0 Å². The quantitative estimate of drug-likeness (QED) is 0.728. The van der Waals surface area contributed by atoms with Gasteiger partial charge in [0, 0.05) is 5.56 Å². The Morgan fingerprint density at radius 1 is 1.32 bits per heavy atom. The highest BCUT2D eigenvalue weighted by Crippen LogP contribution is 2.70. The van der Waals surface area contributed by atoms with E-state index in [1.54, 1.807) is 0 Å². The van der Waals surface area contributed by atoms with Crippen LogP contribution in [0, 0.1) is 0 Å². The summed E-state index contributed by atoms with van der Waals surface area (Å²) in [4.78, 5) is 0. The molecule has 1 heterocycles. The molecule has 1 unspecified atom stereocenters. The Kier molecular flexibility index (Phi) is 3.35. The standard InChI is InChI=1S/C15H23O3P/c1-7-17-19(16)15(5,6)12-9-8-11(14(2,3)4)10-13(12)18-19/h8-10H,7H2,1-6H3. The van der Waals surface area contributed by atoms with E-state index in [-0.39, 0.29) is 5.41 Å². The van der Waals surface area contributed by atoms with Crippen molar-refractivity contribution in [2.24, 2.45) is 0 Å². The maximum atomic E-state index is 12.8. The molecule has 0 aliphatic carbocycles. The van der Waals surface area contributed by atoms with Crippen molar-refractivity contribution in [1.82, 2.24) is 0 Å². The zero-order valence-electron chi connectivity index (χ0n) is 12.6. The van der Waals surface area contributed by atoms with Crippen LogP contribution in [-0.2, 0) is 19.7 Å². The highest BCUT2D eigenvalue weighted by Gasteiger charge is 2.53. The monoisotopic (exact) mass is 282 g/mol. The minimum absolute atomic E-state index is 0.0424. The number of rotatable bonds is 2. The fourth-order valence-corrected chi connectivity index (χ4v) is 4.15. The van der Waals surface area contributed by atoms with E-state index in [1.807, 2.05) is 32.9 Å². The Hall–Kier alpha value is -0.790. The predicted octanol–water partition coefficient (Wildman–Crippen LogP) is 4.84. The van der Waals surface area contributed by atoms with Crippen molar-refractivity contribution in [2.45, 2.75) is 52.1 Å². The SMILES string of the molecule is CCOP1(=O)Oc2cc(C(C)(C)C)ccc2C1(C)C. The van der Waals surface area contributed by atoms with Crippen molar-refractivity contribution < 1.29 is 13.6 Å². The lowest BCUT2D eigenvalue weighted by atomic mass is 9.85. The van der Waals surface area contributed by atoms with Gasteiger partial charge in [0.2, 0.25) is 0 Å². The Morgan fingerprint density at radius 2 is 1.95 bits per heavy atom. The summed E-state index contributed by atoms with van der Waals surface area (Å²) in [6, 6.07) is 6.11. The van der Waals surface area contributed by atoms with Gasteiger partial charge in [-0.3, -0.25) is 4.52 Å². The molecule has 0 aromatic heterocycles. The average molecular weight is 282 g/mol. The predicted molar refractivity (Wildman–Crippen MR) is 78.0 cm³/mol. The first kappa shape index (κ1) is 14.6. The first-order chi connectivity index (χ1) is 8.62. The van der Waals surface area contributed by atoms with Gasteiger partial charge < -0.3 is 4.52 Å². The second-order valence-corrected chi connectivity index (χ2v) is 9.08. The lowest BCUT2D eigenvalue weighted by Gasteiger charge is -2.24. The van der Waals surface area contributed by atoms with E-state index in [0.717, 1.165) is 5.56 Å². The molecule has 0 bridgehead atoms. The van der Waals surface area contributed by atoms with Crippen LogP contribution in [0.2, 0.25) is 0 Å². The van der Waals surface area contributed by atoms with Gasteiger partial charge in [0.15, 0.2) is 0 Å². The molecule has 0 saturated carbocycles. The smallest absolute Gasteiger partial charge is 0.389 e. The summed E-state index contributed by atoms with van der Waals surface area (Å²) in [7, 11) is -3.13. The maximum absolute atomic E-state index is 12.8. The van der Waals surface area contributed by atoms with E-state index in [0.29, 0.717) is 12.4 Å². The lowest BCUT2D eigenvalue weighted by Crippen LogP contribution is -2.16. The minimum atomic E-state index is -3.13. The molecular weight excluding hydrogens is 259 g/mol. The van der Waals surface area contributed by atoms with Crippen LogP contribution < -0.4 is 4.52 Å². The topological polar surface area (TPSA) is 35.5 Å². The van der Waals surface area contributed by atoms with Gasteiger partial charge in [-0.05, 0) is 37.8 Å². The largest absolute Gasteiger partial charge is 0.423 e. The van der Waals surface area contributed by atoms with Crippen LogP contribution in [0.25, 0.3) is 0 Å². The summed E-state index contributed by atoms with van der Waals surface area (Å²) in [6.45, 7) is 12.5. The number of fused-ring (bicyclic) bond motifs is 1. The summed E-state index contributed by atoms with van der Waals surface area (Å²) in [5.41, 5.74) is 2.19. The normalized spacial score (nSPS) is 24.9. The zero-order valence-corrected chi connectivity index (χ0v) is 13.5. The summed E-state index contributed by atoms with van der Waals surface area (Å²) in [5, 5.41) is -0.589. The van der Waals surface area contributed by atoms with Crippen LogP contribution in [0.3, 0.4) is 0 Å². The third kappa shape index (κ3) is 2.23. The number of hydrogen-bond acceptors (Lipinski definition) is 3. The van der Waals surface area contributed by atoms with Crippen molar-refractivity contribution in [3.05, 3.63) is 29.3 Å². The summed E-state index contributed by atoms with van der Waals surface area (Å²) in [5.74, 6) is 0.703. The van der Waals surface area contributed by atoms with Crippen molar-refractivity contribution in [3.8, 4) is 5.75 Å². The second kappa shape index (κ2) is 4.36. The van der Waals surface area contributed by atoms with Crippen LogP contribution in [-0.4, -0.2) is 6.61 Å². The van der Waals surface area contributed by atoms with E-state index in [4.69, 9.17) is 9.05 Å². The molecule has 0 saturated heterocycles. The van der Waals surface area contributed by atoms with E-state index in [9.17, 15) is 4.57 Å². The molecule has 0 amide bonds. The summed E-state index contributed by atoms with van der Waals surface area (Å²) >= 11 is 0. The Morgan fingerprint density at radius 3 is 2.47 bits per heavy atom. The van der Waals surface area contributed by atoms with Crippen molar-refractivity contribution >= 4 is 7.60 Å². The molecule has 0 fully saturated rings. The fraction of sp³-hybridized carbons (Fsp3) is 0.600. The second-order valence-electron chi connectivity index (χ2n) is 6.53. The maximum Gasteiger partial charge on any atom is 0.389 e. The highest BCUT2D eigenvalue weighted by molar-refractivity contribution is 7.56. The molecule has 1 aliphatic heterocycles. The first-order valence-electron chi connectivity index (χ1n) is 6.71. The van der Waals surface area contributed by atoms with Crippen LogP contribution in [0.4, 0.5) is 0 Å². The van der Waals surface area contributed by atoms with Crippen molar-refractivity contribution in [1.29, 1.82) is 0 Å². The average Bonchev–Trinajstić information content (AvgIpc) is 2.45. The van der Waals surface area contributed by atoms with E-state index in [2.05, 4.69) is 26.8 Å². The summed E-state index contributed by atoms with van der Waals surface area (Å²) < 4.78 is 24.0. The molecule has 3 nitrogen and oxygen atoms in total. The van der Waals surface area contributed by atoms with Gasteiger partial charge in [0.25, 0.3) is 0 Å². The molecule has 0 N–H and O–H groups in total. The number of benzene rings is 1. The van der Waals surface area contributed by atoms with Crippen molar-refractivity contribution in [2.75, 3.05) is 6.61 Å². The molecule has 19 heavy (non-hydrogen) atoms. The van der Waals surface area contributed by atoms with Gasteiger partial charge in [-0.25, -0.2) is 4.57 Å². The molecule has 0 spiro atoms. The van der Waals surface area contributed by atoms with Gasteiger partial charge in [0.1, 0.15) is 10.9 Å². The molecule has 4 heteroatoms. The molecule has 1 aromatic carbocycles. The first-order valence-corrected chi connectivity index (χ1v) is 8.25. The van der Waals surface area contributed by atoms with Gasteiger partial charge >= 0.3 is 7.60 Å². The Bertz CT molecular complexity index is 541. The molecule has 1 atom stereocenters. The van der Waals surface area contributed by atoms with Gasteiger partial charge in [-0.1, -0.05) is 32.9 Å². The third-order valence-electron chi connectivity index (χ3n) is 3.71. The van der Waals surface area contributed by atoms with Crippen LogP contribution >= 0.6 is 7.60 Å². The lowest BCUT2D eigenvalue weighted by molar-refractivity contribution is 0.270. The van der Waals surface area contributed by atoms with Crippen LogP contribution in [0.5, 0.6) is 5.75 Å². The van der Waals surface area contributed by atoms with Crippen molar-refractivity contribution in [3.63, 3.8) is 0 Å². The van der Waals surface area contributed by atoms with Gasteiger partial charge in [0.05, 0.1) is 6.61 Å². The Labute approximate surface area is 115 Å². The molecule has 1 aliphatic rings. The molecule has 2 rings (SSSR count). The van der Waals surface area contributed by atoms with Gasteiger partial charge in [-0.15, -0.1) is 0 Å². The third-order valence-corrected chi connectivity index (χ3v) is 6.35.